The van der Waals surface area contributed by atoms with Gasteiger partial charge in [0, 0.05) is 17.9 Å². The average molecular weight is 430 g/mol. The van der Waals surface area contributed by atoms with Gasteiger partial charge in [-0.15, -0.1) is 5.10 Å². The van der Waals surface area contributed by atoms with Crippen LogP contribution in [0, 0.1) is 5.92 Å². The number of hydrogen-bond acceptors (Lipinski definition) is 4. The summed E-state index contributed by atoms with van der Waals surface area (Å²) in [4.78, 5) is 0. The minimum absolute atomic E-state index is 0.0658. The molecule has 1 N–H and O–H groups in total. The molecule has 9 heteroatoms. The molecule has 1 aromatic heterocycles. The third-order valence-corrected chi connectivity index (χ3v) is 7.23. The van der Waals surface area contributed by atoms with Crippen LogP contribution in [0.3, 0.4) is 0 Å². The first kappa shape index (κ1) is 16.4. The van der Waals surface area contributed by atoms with Gasteiger partial charge in [-0.1, -0.05) is 40.9 Å². The molecule has 0 aliphatic heterocycles. The Balaban J connectivity index is 2.31. The number of nitrogens with zero attached hydrogens (tertiary/aromatic N) is 3. The predicted octanol–water partition coefficient (Wildman–Crippen LogP) is 2.20. The Morgan fingerprint density at radius 2 is 2.25 bits per heavy atom. The molecule has 1 heterocycles. The van der Waals surface area contributed by atoms with E-state index in [0.29, 0.717) is 11.2 Å². The third kappa shape index (κ3) is 3.26. The van der Waals surface area contributed by atoms with Crippen LogP contribution in [0.1, 0.15) is 32.6 Å². The summed E-state index contributed by atoms with van der Waals surface area (Å²) in [5.41, 5.74) is -0.430. The van der Waals surface area contributed by atoms with Crippen molar-refractivity contribution in [2.75, 3.05) is 5.33 Å². The lowest BCUT2D eigenvalue weighted by molar-refractivity contribution is 0.241. The van der Waals surface area contributed by atoms with Crippen molar-refractivity contribution in [3.63, 3.8) is 0 Å². The molecular formula is C11H18Br2N4O2S. The van der Waals surface area contributed by atoms with Gasteiger partial charge >= 0.3 is 0 Å². The van der Waals surface area contributed by atoms with Crippen molar-refractivity contribution in [3.05, 3.63) is 4.60 Å². The van der Waals surface area contributed by atoms with Crippen molar-refractivity contribution in [2.45, 2.75) is 43.2 Å². The van der Waals surface area contributed by atoms with Crippen molar-refractivity contribution in [1.29, 1.82) is 0 Å². The number of nitrogens with one attached hydrogen (secondary N) is 1. The van der Waals surface area contributed by atoms with Crippen molar-refractivity contribution in [1.82, 2.24) is 19.7 Å². The van der Waals surface area contributed by atoms with E-state index in [2.05, 4.69) is 53.8 Å². The van der Waals surface area contributed by atoms with Gasteiger partial charge < -0.3 is 0 Å². The largest absolute Gasteiger partial charge is 0.261 e. The van der Waals surface area contributed by atoms with Crippen molar-refractivity contribution in [3.8, 4) is 0 Å². The molecule has 0 saturated heterocycles. The minimum Gasteiger partial charge on any atom is -0.235 e. The first-order valence-corrected chi connectivity index (χ1v) is 9.84. The van der Waals surface area contributed by atoms with E-state index in [1.54, 1.807) is 7.05 Å². The molecule has 2 unspecified atom stereocenters. The molecule has 20 heavy (non-hydrogen) atoms. The minimum atomic E-state index is -3.66. The Hall–Kier alpha value is 0.0100. The van der Waals surface area contributed by atoms with E-state index >= 15 is 0 Å². The quantitative estimate of drug-likeness (QED) is 0.744. The molecular weight excluding hydrogens is 412 g/mol. The van der Waals surface area contributed by atoms with Gasteiger partial charge in [0.05, 0.1) is 0 Å². The lowest BCUT2D eigenvalue weighted by Crippen LogP contribution is -2.52. The molecule has 1 aliphatic rings. The lowest BCUT2D eigenvalue weighted by Gasteiger charge is -2.39. The van der Waals surface area contributed by atoms with Gasteiger partial charge in [0.1, 0.15) is 0 Å². The highest BCUT2D eigenvalue weighted by atomic mass is 79.9. The van der Waals surface area contributed by atoms with Crippen LogP contribution >= 0.6 is 31.9 Å². The van der Waals surface area contributed by atoms with Crippen LogP contribution in [0.25, 0.3) is 0 Å². The molecule has 1 aliphatic carbocycles. The van der Waals surface area contributed by atoms with Gasteiger partial charge in [0.25, 0.3) is 10.0 Å². The summed E-state index contributed by atoms with van der Waals surface area (Å²) in [6.07, 6.45) is 3.85. The summed E-state index contributed by atoms with van der Waals surface area (Å²) in [6, 6.07) is 0. The van der Waals surface area contributed by atoms with Crippen LogP contribution < -0.4 is 4.72 Å². The van der Waals surface area contributed by atoms with Gasteiger partial charge in [0.15, 0.2) is 4.60 Å². The molecule has 114 valence electrons. The number of hydrogen-bond donors (Lipinski definition) is 1. The molecule has 2 atom stereocenters. The van der Waals surface area contributed by atoms with Crippen LogP contribution in [-0.4, -0.2) is 34.3 Å². The van der Waals surface area contributed by atoms with E-state index < -0.39 is 15.6 Å². The van der Waals surface area contributed by atoms with Gasteiger partial charge in [-0.25, -0.2) is 17.8 Å². The second-order valence-corrected chi connectivity index (χ2v) is 8.44. The SMILES string of the molecule is CC1CCCC(CBr)(NS(=O)(=O)c2c(Br)nnn2C)C1. The van der Waals surface area contributed by atoms with Gasteiger partial charge in [-0.3, -0.25) is 0 Å². The molecule has 2 rings (SSSR count). The number of alkyl halides is 1. The third-order valence-electron chi connectivity index (χ3n) is 3.69. The molecule has 0 radical (unpaired) electrons. The van der Waals surface area contributed by atoms with E-state index in [-0.39, 0.29) is 9.63 Å². The van der Waals surface area contributed by atoms with Crippen LogP contribution in [0.2, 0.25) is 0 Å². The molecule has 0 amide bonds. The maximum Gasteiger partial charge on any atom is 0.261 e. The van der Waals surface area contributed by atoms with Crippen LogP contribution in [0.5, 0.6) is 0 Å². The van der Waals surface area contributed by atoms with E-state index in [9.17, 15) is 8.42 Å². The maximum absolute atomic E-state index is 12.6. The molecule has 1 aromatic rings. The highest BCUT2D eigenvalue weighted by molar-refractivity contribution is 9.10. The molecule has 0 aromatic carbocycles. The number of sulfonamides is 1. The zero-order valence-electron chi connectivity index (χ0n) is 11.4. The lowest BCUT2D eigenvalue weighted by atomic mass is 9.78. The summed E-state index contributed by atoms with van der Waals surface area (Å²) in [5, 5.41) is 8.14. The molecule has 0 spiro atoms. The first-order chi connectivity index (χ1) is 9.30. The first-order valence-electron chi connectivity index (χ1n) is 6.45. The Morgan fingerprint density at radius 1 is 1.55 bits per heavy atom. The fourth-order valence-corrected chi connectivity index (χ4v) is 6.22. The summed E-state index contributed by atoms with van der Waals surface area (Å²) in [6.45, 7) is 2.16. The zero-order chi connectivity index (χ0) is 15.0. The highest BCUT2D eigenvalue weighted by Crippen LogP contribution is 2.35. The van der Waals surface area contributed by atoms with E-state index in [4.69, 9.17) is 0 Å². The van der Waals surface area contributed by atoms with Crippen LogP contribution in [0.15, 0.2) is 9.63 Å². The normalized spacial score (nSPS) is 27.7. The molecule has 1 fully saturated rings. The number of halogens is 2. The Labute approximate surface area is 136 Å². The molecule has 1 saturated carbocycles. The van der Waals surface area contributed by atoms with Gasteiger partial charge in [-0.05, 0) is 34.7 Å². The van der Waals surface area contributed by atoms with Gasteiger partial charge in [-0.2, -0.15) is 0 Å². The van der Waals surface area contributed by atoms with E-state index in [1.807, 2.05) is 0 Å². The Bertz CT molecular complexity index is 570. The predicted molar refractivity (Wildman–Crippen MR) is 83.2 cm³/mol. The molecule has 0 bridgehead atoms. The highest BCUT2D eigenvalue weighted by Gasteiger charge is 2.39. The van der Waals surface area contributed by atoms with Crippen molar-refractivity contribution >= 4 is 41.9 Å². The fourth-order valence-electron chi connectivity index (χ4n) is 2.84. The Morgan fingerprint density at radius 3 is 2.75 bits per heavy atom. The van der Waals surface area contributed by atoms with Gasteiger partial charge in [0.2, 0.25) is 5.03 Å². The number of rotatable bonds is 4. The second kappa shape index (κ2) is 6.02. The number of aryl methyl sites for hydroxylation is 1. The van der Waals surface area contributed by atoms with E-state index in [0.717, 1.165) is 25.7 Å². The monoisotopic (exact) mass is 428 g/mol. The smallest absolute Gasteiger partial charge is 0.235 e. The summed E-state index contributed by atoms with van der Waals surface area (Å²) >= 11 is 6.62. The topological polar surface area (TPSA) is 76.9 Å². The fraction of sp³-hybridized carbons (Fsp3) is 0.818. The van der Waals surface area contributed by atoms with Crippen molar-refractivity contribution < 1.29 is 8.42 Å². The van der Waals surface area contributed by atoms with Crippen molar-refractivity contribution in [2.24, 2.45) is 13.0 Å². The standard InChI is InChI=1S/C11H18Br2N4O2S/c1-8-4-3-5-11(6-8,7-12)15-20(18,19)10-9(13)14-16-17(10)2/h8,15H,3-7H2,1-2H3. The van der Waals surface area contributed by atoms with Crippen LogP contribution in [0.4, 0.5) is 0 Å². The summed E-state index contributed by atoms with van der Waals surface area (Å²) in [7, 11) is -2.09. The summed E-state index contributed by atoms with van der Waals surface area (Å²) in [5.74, 6) is 0.511. The van der Waals surface area contributed by atoms with E-state index in [1.165, 1.54) is 4.68 Å². The average Bonchev–Trinajstić information content (AvgIpc) is 2.69. The Kier molecular flexibility index (Phi) is 4.93. The van der Waals surface area contributed by atoms with Crippen LogP contribution in [-0.2, 0) is 17.1 Å². The maximum atomic E-state index is 12.6. The molecule has 6 nitrogen and oxygen atoms in total. The zero-order valence-corrected chi connectivity index (χ0v) is 15.4. The summed E-state index contributed by atoms with van der Waals surface area (Å²) < 4.78 is 29.6. The number of aromatic nitrogens is 3. The second-order valence-electron chi connectivity index (χ2n) is 5.53.